The zero-order chi connectivity index (χ0) is 27.7. The zero-order valence-corrected chi connectivity index (χ0v) is 23.6. The summed E-state index contributed by atoms with van der Waals surface area (Å²) in [4.78, 5) is 41.3. The lowest BCUT2D eigenvalue weighted by atomic mass is 10.0. The Balaban J connectivity index is 1.58. The van der Waals surface area contributed by atoms with Crippen molar-refractivity contribution in [3.63, 3.8) is 0 Å². The topological polar surface area (TPSA) is 137 Å². The Morgan fingerprint density at radius 3 is 2.45 bits per heavy atom. The van der Waals surface area contributed by atoms with Gasteiger partial charge >= 0.3 is 6.03 Å². The number of rotatable bonds is 7. The zero-order valence-electron chi connectivity index (χ0n) is 21.9. The molecular weight excluding hydrogens is 530 g/mol. The average Bonchev–Trinajstić information content (AvgIpc) is 3.42. The van der Waals surface area contributed by atoms with Crippen LogP contribution in [0.2, 0.25) is 0 Å². The quantitative estimate of drug-likeness (QED) is 0.471. The number of urea groups is 1. The minimum absolute atomic E-state index is 0.0306. The second-order valence-corrected chi connectivity index (χ2v) is 12.9. The number of carbonyl (C=O) groups excluding carboxylic acids is 3. The molecule has 1 saturated heterocycles. The van der Waals surface area contributed by atoms with E-state index in [1.165, 1.54) is 47.0 Å². The Hall–Kier alpha value is -2.84. The second-order valence-electron chi connectivity index (χ2n) is 9.89. The fourth-order valence-electron chi connectivity index (χ4n) is 4.62. The maximum absolute atomic E-state index is 13.2. The summed E-state index contributed by atoms with van der Waals surface area (Å²) < 4.78 is 32.9. The van der Waals surface area contributed by atoms with E-state index in [4.69, 9.17) is 4.74 Å². The van der Waals surface area contributed by atoms with Crippen molar-refractivity contribution >= 4 is 44.2 Å². The van der Waals surface area contributed by atoms with Crippen molar-refractivity contribution < 1.29 is 27.5 Å². The first kappa shape index (κ1) is 28.2. The van der Waals surface area contributed by atoms with Crippen LogP contribution >= 0.6 is 11.3 Å². The van der Waals surface area contributed by atoms with Gasteiger partial charge in [0.25, 0.3) is 11.8 Å². The summed E-state index contributed by atoms with van der Waals surface area (Å²) in [5, 5.41) is 7.84. The van der Waals surface area contributed by atoms with Gasteiger partial charge in [0, 0.05) is 30.6 Å². The molecule has 38 heavy (non-hydrogen) atoms. The summed E-state index contributed by atoms with van der Waals surface area (Å²) in [6.07, 6.45) is 1.63. The molecule has 0 bridgehead atoms. The molecule has 2 aromatic rings. The molecular formula is C25H33N5O6S2. The first-order valence-electron chi connectivity index (χ1n) is 12.4. The van der Waals surface area contributed by atoms with Crippen molar-refractivity contribution in [3.8, 4) is 0 Å². The van der Waals surface area contributed by atoms with Crippen LogP contribution in [0.3, 0.4) is 0 Å². The van der Waals surface area contributed by atoms with Crippen LogP contribution in [-0.4, -0.2) is 74.5 Å². The maximum atomic E-state index is 13.2. The van der Waals surface area contributed by atoms with Gasteiger partial charge in [-0.3, -0.25) is 19.8 Å². The van der Waals surface area contributed by atoms with Crippen LogP contribution < -0.4 is 16.0 Å². The first-order chi connectivity index (χ1) is 18.0. The molecule has 2 aliphatic heterocycles. The number of fused-ring (bicyclic) bond motifs is 1. The molecule has 11 nitrogen and oxygen atoms in total. The van der Waals surface area contributed by atoms with Gasteiger partial charge in [0.2, 0.25) is 10.0 Å². The number of imide groups is 1. The predicted molar refractivity (Wildman–Crippen MR) is 144 cm³/mol. The first-order valence-corrected chi connectivity index (χ1v) is 14.7. The molecule has 206 valence electrons. The Labute approximate surface area is 226 Å². The van der Waals surface area contributed by atoms with Crippen LogP contribution in [0.25, 0.3) is 0 Å². The van der Waals surface area contributed by atoms with Crippen LogP contribution in [0, 0.1) is 0 Å². The van der Waals surface area contributed by atoms with Crippen LogP contribution in [0.1, 0.15) is 58.3 Å². The second kappa shape index (κ2) is 11.1. The van der Waals surface area contributed by atoms with E-state index >= 15 is 0 Å². The molecule has 2 aliphatic rings. The summed E-state index contributed by atoms with van der Waals surface area (Å²) >= 11 is 1.32. The molecule has 1 aromatic heterocycles. The number of amides is 4. The third-order valence-electron chi connectivity index (χ3n) is 6.63. The van der Waals surface area contributed by atoms with Crippen molar-refractivity contribution in [3.05, 3.63) is 45.8 Å². The summed E-state index contributed by atoms with van der Waals surface area (Å²) in [6, 6.07) is 5.01. The number of nitrogens with one attached hydrogen (secondary N) is 3. The molecule has 0 spiro atoms. The molecule has 4 amide bonds. The van der Waals surface area contributed by atoms with E-state index in [0.29, 0.717) is 24.6 Å². The number of sulfonamides is 1. The molecule has 0 saturated carbocycles. The Morgan fingerprint density at radius 1 is 1.13 bits per heavy atom. The third-order valence-corrected chi connectivity index (χ3v) is 9.81. The number of hydrogen-bond donors (Lipinski definition) is 3. The molecule has 4 rings (SSSR count). The highest BCUT2D eigenvalue weighted by atomic mass is 32.2. The van der Waals surface area contributed by atoms with E-state index in [1.54, 1.807) is 13.8 Å². The van der Waals surface area contributed by atoms with E-state index in [1.807, 2.05) is 0 Å². The highest BCUT2D eigenvalue weighted by Crippen LogP contribution is 2.37. The summed E-state index contributed by atoms with van der Waals surface area (Å²) in [7, 11) is -2.39. The molecule has 0 atom stereocenters. The number of ether oxygens (including phenoxy) is 1. The normalized spacial score (nSPS) is 17.6. The summed E-state index contributed by atoms with van der Waals surface area (Å²) in [5.41, 5.74) is 0.674. The van der Waals surface area contributed by atoms with Gasteiger partial charge in [0.1, 0.15) is 11.7 Å². The monoisotopic (exact) mass is 563 g/mol. The SMILES string of the molecule is CCCN1CCc2c(sc(NC(=O)c3ccc(S(=O)(=O)N4COCC4(C)C)cc3)c2C(=O)NC(=O)NC)C1. The van der Waals surface area contributed by atoms with Gasteiger partial charge in [-0.15, -0.1) is 11.3 Å². The van der Waals surface area contributed by atoms with Gasteiger partial charge in [-0.1, -0.05) is 6.92 Å². The fourth-order valence-corrected chi connectivity index (χ4v) is 7.55. The number of thiophene rings is 1. The maximum Gasteiger partial charge on any atom is 0.321 e. The third kappa shape index (κ3) is 5.61. The van der Waals surface area contributed by atoms with Gasteiger partial charge in [-0.25, -0.2) is 13.2 Å². The van der Waals surface area contributed by atoms with Crippen LogP contribution in [0.4, 0.5) is 9.80 Å². The van der Waals surface area contributed by atoms with E-state index < -0.39 is 33.4 Å². The lowest BCUT2D eigenvalue weighted by Crippen LogP contribution is -2.44. The van der Waals surface area contributed by atoms with Crippen molar-refractivity contribution in [1.29, 1.82) is 0 Å². The number of nitrogens with zero attached hydrogens (tertiary/aromatic N) is 2. The van der Waals surface area contributed by atoms with Gasteiger partial charge in [0.05, 0.1) is 22.6 Å². The molecule has 0 aliphatic carbocycles. The minimum atomic E-state index is -3.81. The number of anilines is 1. The smallest absolute Gasteiger partial charge is 0.321 e. The van der Waals surface area contributed by atoms with Crippen LogP contribution in [0.5, 0.6) is 0 Å². The van der Waals surface area contributed by atoms with Crippen LogP contribution in [0.15, 0.2) is 29.2 Å². The molecule has 1 aromatic carbocycles. The Kier molecular flexibility index (Phi) is 8.23. The highest BCUT2D eigenvalue weighted by Gasteiger charge is 2.42. The van der Waals surface area contributed by atoms with Gasteiger partial charge in [0.15, 0.2) is 0 Å². The van der Waals surface area contributed by atoms with Crippen LogP contribution in [-0.2, 0) is 27.7 Å². The molecule has 1 fully saturated rings. The Bertz CT molecular complexity index is 1340. The van der Waals surface area contributed by atoms with E-state index in [9.17, 15) is 22.8 Å². The lowest BCUT2D eigenvalue weighted by molar-refractivity contribution is 0.0964. The van der Waals surface area contributed by atoms with Crippen molar-refractivity contribution in [2.45, 2.75) is 50.6 Å². The van der Waals surface area contributed by atoms with Gasteiger partial charge in [-0.2, -0.15) is 4.31 Å². The number of hydrogen-bond acceptors (Lipinski definition) is 8. The van der Waals surface area contributed by atoms with E-state index in [0.717, 1.165) is 30.0 Å². The summed E-state index contributed by atoms with van der Waals surface area (Å²) in [5.74, 6) is -1.07. The van der Waals surface area contributed by atoms with Crippen molar-refractivity contribution in [2.24, 2.45) is 0 Å². The summed E-state index contributed by atoms with van der Waals surface area (Å²) in [6.45, 7) is 8.31. The van der Waals surface area contributed by atoms with Crippen molar-refractivity contribution in [2.75, 3.05) is 38.8 Å². The fraction of sp³-hybridized carbons (Fsp3) is 0.480. The lowest BCUT2D eigenvalue weighted by Gasteiger charge is -2.28. The average molecular weight is 564 g/mol. The number of carbonyl (C=O) groups is 3. The van der Waals surface area contributed by atoms with Crippen molar-refractivity contribution in [1.82, 2.24) is 19.8 Å². The van der Waals surface area contributed by atoms with Gasteiger partial charge in [-0.05, 0) is 63.1 Å². The standard InChI is InChI=1S/C25H33N5O6S2/c1-5-11-29-12-10-18-19(13-29)37-23(20(18)22(32)28-24(33)26-4)27-21(31)16-6-8-17(9-7-16)38(34,35)30-15-36-14-25(30,2)3/h6-9H,5,10-15H2,1-4H3,(H,27,31)(H2,26,28,32,33). The molecule has 0 radical (unpaired) electrons. The largest absolute Gasteiger partial charge is 0.363 e. The van der Waals surface area contributed by atoms with E-state index in [-0.39, 0.29) is 22.8 Å². The molecule has 3 N–H and O–H groups in total. The minimum Gasteiger partial charge on any atom is -0.363 e. The van der Waals surface area contributed by atoms with Gasteiger partial charge < -0.3 is 15.4 Å². The molecule has 0 unspecified atom stereocenters. The predicted octanol–water partition coefficient (Wildman–Crippen LogP) is 2.59. The molecule has 3 heterocycles. The van der Waals surface area contributed by atoms with E-state index in [2.05, 4.69) is 27.8 Å². The molecule has 13 heteroatoms. The highest BCUT2D eigenvalue weighted by molar-refractivity contribution is 7.89. The number of benzene rings is 1. The Morgan fingerprint density at radius 2 is 1.84 bits per heavy atom.